The van der Waals surface area contributed by atoms with Crippen molar-refractivity contribution < 1.29 is 0 Å². The van der Waals surface area contributed by atoms with Gasteiger partial charge in [-0.05, 0) is 121 Å². The van der Waals surface area contributed by atoms with E-state index in [0.717, 1.165) is 82.7 Å². The molecule has 0 aliphatic heterocycles. The van der Waals surface area contributed by atoms with E-state index in [0.29, 0.717) is 34.7 Å². The van der Waals surface area contributed by atoms with E-state index in [9.17, 15) is 5.26 Å². The lowest BCUT2D eigenvalue weighted by Gasteiger charge is -2.17. The number of benzene rings is 5. The standard InChI is InChI=1S/C52H30N12/c53-30-32-6-1-7-33(24-32)38-29-48(64-45-14-10-36(51-58-20-4-21-59-51)27-41(45)42-28-37(11-15-46(42)64)52-60-22-5-23-61-52)62-31-47(38)63-43-12-8-34(49-54-16-2-17-55-49)25-39(43)40-26-35(9-13-44(40)63)50-56-18-3-19-57-50/h1-29,31H. The molecule has 0 unspecified atom stereocenters. The Morgan fingerprint density at radius 2 is 0.750 bits per heavy atom. The van der Waals surface area contributed by atoms with Crippen LogP contribution in [0.1, 0.15) is 5.56 Å². The minimum absolute atomic E-state index is 0.548. The van der Waals surface area contributed by atoms with Crippen molar-refractivity contribution in [3.8, 4) is 74.3 Å². The zero-order chi connectivity index (χ0) is 42.6. The van der Waals surface area contributed by atoms with Crippen molar-refractivity contribution in [1.29, 1.82) is 5.26 Å². The molecule has 0 atom stereocenters. The highest BCUT2D eigenvalue weighted by Gasteiger charge is 2.22. The normalized spacial score (nSPS) is 11.4. The monoisotopic (exact) mass is 822 g/mol. The van der Waals surface area contributed by atoms with E-state index in [2.05, 4.69) is 110 Å². The Balaban J connectivity index is 1.12. The summed E-state index contributed by atoms with van der Waals surface area (Å²) in [4.78, 5) is 41.8. The maximum absolute atomic E-state index is 10.1. The van der Waals surface area contributed by atoms with Gasteiger partial charge in [-0.25, -0.2) is 44.9 Å². The van der Waals surface area contributed by atoms with Crippen molar-refractivity contribution in [3.63, 3.8) is 0 Å². The average molecular weight is 823 g/mol. The Morgan fingerprint density at radius 1 is 0.359 bits per heavy atom. The van der Waals surface area contributed by atoms with Crippen LogP contribution in [-0.4, -0.2) is 54.0 Å². The van der Waals surface area contributed by atoms with Crippen molar-refractivity contribution in [2.45, 2.75) is 0 Å². The molecule has 0 radical (unpaired) electrons. The van der Waals surface area contributed by atoms with Gasteiger partial charge in [0, 0.05) is 98.9 Å². The van der Waals surface area contributed by atoms with Crippen LogP contribution >= 0.6 is 0 Å². The molecule has 0 fully saturated rings. The van der Waals surface area contributed by atoms with Crippen LogP contribution in [0.15, 0.2) is 183 Å². The van der Waals surface area contributed by atoms with Gasteiger partial charge >= 0.3 is 0 Å². The predicted octanol–water partition coefficient (Wildman–Crippen LogP) is 10.6. The number of nitrogens with zero attached hydrogens (tertiary/aromatic N) is 12. The first-order valence-electron chi connectivity index (χ1n) is 20.5. The van der Waals surface area contributed by atoms with Crippen LogP contribution in [0.25, 0.3) is 112 Å². The van der Waals surface area contributed by atoms with Crippen molar-refractivity contribution in [1.82, 2.24) is 54.0 Å². The molecule has 0 amide bonds. The topological polar surface area (TPSA) is 150 Å². The van der Waals surface area contributed by atoms with Crippen LogP contribution in [0.5, 0.6) is 0 Å². The molecule has 0 N–H and O–H groups in total. The van der Waals surface area contributed by atoms with Gasteiger partial charge in [-0.1, -0.05) is 12.1 Å². The first-order chi connectivity index (χ1) is 31.7. The molecule has 7 heterocycles. The molecule has 298 valence electrons. The van der Waals surface area contributed by atoms with E-state index in [-0.39, 0.29) is 0 Å². The first-order valence-corrected chi connectivity index (χ1v) is 20.5. The molecule has 0 aliphatic rings. The highest BCUT2D eigenvalue weighted by molar-refractivity contribution is 6.13. The summed E-state index contributed by atoms with van der Waals surface area (Å²) in [5, 5.41) is 14.1. The number of hydrogen-bond donors (Lipinski definition) is 0. The van der Waals surface area contributed by atoms with E-state index < -0.39 is 0 Å². The van der Waals surface area contributed by atoms with Crippen LogP contribution in [0.3, 0.4) is 0 Å². The summed E-state index contributed by atoms with van der Waals surface area (Å²) in [5.74, 6) is 3.22. The maximum atomic E-state index is 10.1. The van der Waals surface area contributed by atoms with Crippen LogP contribution in [0.4, 0.5) is 0 Å². The van der Waals surface area contributed by atoms with Crippen LogP contribution in [0, 0.1) is 11.3 Å². The lowest BCUT2D eigenvalue weighted by atomic mass is 10.0. The Labute approximate surface area is 364 Å². The molecule has 5 aromatic carbocycles. The number of fused-ring (bicyclic) bond motifs is 6. The SMILES string of the molecule is N#Cc1cccc(-c2cc(-n3c4ccc(-c5ncccn5)cc4c4cc(-c5ncccn5)ccc43)ncc2-n2c3ccc(-c4ncccn4)cc3c3cc(-c4ncccn4)ccc32)c1. The van der Waals surface area contributed by atoms with Gasteiger partial charge < -0.3 is 4.57 Å². The molecule has 0 spiro atoms. The smallest absolute Gasteiger partial charge is 0.159 e. The molecule has 0 aliphatic carbocycles. The molecular weight excluding hydrogens is 793 g/mol. The summed E-state index contributed by atoms with van der Waals surface area (Å²) in [6.45, 7) is 0. The van der Waals surface area contributed by atoms with E-state index in [1.54, 1.807) is 49.6 Å². The average Bonchev–Trinajstić information content (AvgIpc) is 3.88. The fourth-order valence-corrected chi connectivity index (χ4v) is 8.63. The van der Waals surface area contributed by atoms with E-state index in [1.165, 1.54) is 0 Å². The molecule has 7 aromatic heterocycles. The van der Waals surface area contributed by atoms with Crippen molar-refractivity contribution in [2.75, 3.05) is 0 Å². The number of rotatable bonds is 7. The van der Waals surface area contributed by atoms with E-state index in [4.69, 9.17) is 4.98 Å². The maximum Gasteiger partial charge on any atom is 0.159 e. The van der Waals surface area contributed by atoms with Crippen LogP contribution < -0.4 is 0 Å². The van der Waals surface area contributed by atoms with Crippen molar-refractivity contribution >= 4 is 43.6 Å². The van der Waals surface area contributed by atoms with E-state index in [1.807, 2.05) is 79.0 Å². The van der Waals surface area contributed by atoms with Gasteiger partial charge in [0.25, 0.3) is 0 Å². The lowest BCUT2D eigenvalue weighted by Crippen LogP contribution is -2.03. The highest BCUT2D eigenvalue weighted by atomic mass is 15.1. The third kappa shape index (κ3) is 6.11. The Hall–Kier alpha value is -9.34. The second-order valence-corrected chi connectivity index (χ2v) is 15.1. The van der Waals surface area contributed by atoms with Gasteiger partial charge in [-0.2, -0.15) is 5.26 Å². The van der Waals surface area contributed by atoms with Crippen molar-refractivity contribution in [3.05, 3.63) is 189 Å². The molecule has 0 saturated carbocycles. The minimum atomic E-state index is 0.548. The lowest BCUT2D eigenvalue weighted by molar-refractivity contribution is 1.06. The highest BCUT2D eigenvalue weighted by Crippen LogP contribution is 2.41. The predicted molar refractivity (Wildman–Crippen MR) is 247 cm³/mol. The van der Waals surface area contributed by atoms with Gasteiger partial charge in [-0.15, -0.1) is 0 Å². The molecule has 12 aromatic rings. The second kappa shape index (κ2) is 15.0. The number of hydrogen-bond acceptors (Lipinski definition) is 10. The molecule has 0 saturated heterocycles. The Bertz CT molecular complexity index is 3590. The summed E-state index contributed by atoms with van der Waals surface area (Å²) < 4.78 is 4.42. The van der Waals surface area contributed by atoms with Gasteiger partial charge in [0.1, 0.15) is 5.82 Å². The quantitative estimate of drug-likeness (QED) is 0.152. The summed E-state index contributed by atoms with van der Waals surface area (Å²) in [5.41, 5.74) is 10.5. The van der Waals surface area contributed by atoms with Crippen molar-refractivity contribution in [2.24, 2.45) is 0 Å². The second-order valence-electron chi connectivity index (χ2n) is 15.1. The fourth-order valence-electron chi connectivity index (χ4n) is 8.63. The third-order valence-electron chi connectivity index (χ3n) is 11.5. The van der Waals surface area contributed by atoms with Gasteiger partial charge in [0.15, 0.2) is 23.3 Å². The van der Waals surface area contributed by atoms with Gasteiger partial charge in [0.05, 0.1) is 45.6 Å². The molecule has 0 bridgehead atoms. The fraction of sp³-hybridized carbons (Fsp3) is 0. The summed E-state index contributed by atoms with van der Waals surface area (Å²) in [7, 11) is 0. The minimum Gasteiger partial charge on any atom is -0.307 e. The number of nitriles is 1. The molecule has 12 rings (SSSR count). The van der Waals surface area contributed by atoms with Crippen LogP contribution in [-0.2, 0) is 0 Å². The summed E-state index contributed by atoms with van der Waals surface area (Å²) in [6, 6.07) is 44.6. The number of pyridine rings is 1. The Morgan fingerprint density at radius 3 is 1.14 bits per heavy atom. The molecule has 64 heavy (non-hydrogen) atoms. The number of aromatic nitrogens is 11. The largest absolute Gasteiger partial charge is 0.307 e. The van der Waals surface area contributed by atoms with E-state index >= 15 is 0 Å². The zero-order valence-electron chi connectivity index (χ0n) is 33.7. The summed E-state index contributed by atoms with van der Waals surface area (Å²) in [6.07, 6.45) is 15.9. The Kier molecular flexibility index (Phi) is 8.55. The van der Waals surface area contributed by atoms with Crippen LogP contribution in [0.2, 0.25) is 0 Å². The first kappa shape index (κ1) is 36.5. The molecule has 12 heteroatoms. The summed E-state index contributed by atoms with van der Waals surface area (Å²) >= 11 is 0. The van der Waals surface area contributed by atoms with Gasteiger partial charge in [-0.3, -0.25) is 4.57 Å². The van der Waals surface area contributed by atoms with Gasteiger partial charge in [0.2, 0.25) is 0 Å². The molecular formula is C52H30N12. The molecule has 12 nitrogen and oxygen atoms in total. The third-order valence-corrected chi connectivity index (χ3v) is 11.5. The zero-order valence-corrected chi connectivity index (χ0v) is 33.7.